The summed E-state index contributed by atoms with van der Waals surface area (Å²) < 4.78 is 0. The quantitative estimate of drug-likeness (QED) is 0.658. The summed E-state index contributed by atoms with van der Waals surface area (Å²) in [6, 6.07) is -0.590. The Kier molecular flexibility index (Phi) is 4.29. The predicted molar refractivity (Wildman–Crippen MR) is 59.9 cm³/mol. The first kappa shape index (κ1) is 13.0. The summed E-state index contributed by atoms with van der Waals surface area (Å²) in [7, 11) is 0. The van der Waals surface area contributed by atoms with E-state index in [1.54, 1.807) is 6.92 Å². The molecule has 1 aliphatic carbocycles. The van der Waals surface area contributed by atoms with Crippen LogP contribution < -0.4 is 11.1 Å². The third-order valence-electron chi connectivity index (χ3n) is 3.10. The zero-order valence-electron chi connectivity index (χ0n) is 9.66. The Morgan fingerprint density at radius 1 is 1.38 bits per heavy atom. The van der Waals surface area contributed by atoms with Crippen molar-refractivity contribution in [1.82, 2.24) is 5.32 Å². The number of carboxylic acids is 1. The van der Waals surface area contributed by atoms with E-state index in [-0.39, 0.29) is 12.3 Å². The van der Waals surface area contributed by atoms with E-state index in [1.165, 1.54) is 0 Å². The number of rotatable bonds is 4. The summed E-state index contributed by atoms with van der Waals surface area (Å²) >= 11 is 0. The number of aliphatic carboxylic acids is 1. The fourth-order valence-electron chi connectivity index (χ4n) is 2.24. The van der Waals surface area contributed by atoms with Gasteiger partial charge in [0.1, 0.15) is 0 Å². The lowest BCUT2D eigenvalue weighted by atomic mass is 9.79. The Labute approximate surface area is 95.4 Å². The van der Waals surface area contributed by atoms with Crippen LogP contribution in [0.2, 0.25) is 0 Å². The summed E-state index contributed by atoms with van der Waals surface area (Å²) in [4.78, 5) is 22.4. The number of hydrogen-bond acceptors (Lipinski definition) is 3. The number of nitrogens with one attached hydrogen (secondary N) is 1. The van der Waals surface area contributed by atoms with Gasteiger partial charge in [-0.2, -0.15) is 0 Å². The number of carbonyl (C=O) groups is 2. The minimum atomic E-state index is -0.869. The lowest BCUT2D eigenvalue weighted by Crippen LogP contribution is -2.54. The van der Waals surface area contributed by atoms with Crippen molar-refractivity contribution in [2.24, 2.45) is 5.73 Å². The molecule has 1 saturated carbocycles. The zero-order chi connectivity index (χ0) is 12.2. The van der Waals surface area contributed by atoms with Gasteiger partial charge in [-0.1, -0.05) is 19.3 Å². The number of nitrogens with two attached hydrogens (primary N) is 1. The van der Waals surface area contributed by atoms with Crippen molar-refractivity contribution in [1.29, 1.82) is 0 Å². The van der Waals surface area contributed by atoms with Crippen molar-refractivity contribution in [2.75, 3.05) is 0 Å². The Hall–Kier alpha value is -1.10. The smallest absolute Gasteiger partial charge is 0.305 e. The molecule has 1 aliphatic rings. The molecule has 0 saturated heterocycles. The van der Waals surface area contributed by atoms with Gasteiger partial charge in [-0.25, -0.2) is 0 Å². The van der Waals surface area contributed by atoms with Gasteiger partial charge >= 0.3 is 5.97 Å². The van der Waals surface area contributed by atoms with Gasteiger partial charge in [-0.3, -0.25) is 9.59 Å². The second kappa shape index (κ2) is 5.30. The summed E-state index contributed by atoms with van der Waals surface area (Å²) in [6.07, 6.45) is 4.50. The molecular weight excluding hydrogens is 208 g/mol. The highest BCUT2D eigenvalue weighted by atomic mass is 16.4. The molecule has 0 aliphatic heterocycles. The van der Waals surface area contributed by atoms with E-state index in [0.29, 0.717) is 0 Å². The molecule has 5 heteroatoms. The Bertz CT molecular complexity index is 270. The average Bonchev–Trinajstić information content (AvgIpc) is 2.17. The summed E-state index contributed by atoms with van der Waals surface area (Å²) in [5.74, 6) is -1.13. The third kappa shape index (κ3) is 3.48. The van der Waals surface area contributed by atoms with Gasteiger partial charge in [0, 0.05) is 0 Å². The standard InChI is InChI=1S/C11H20N2O3/c1-8(12)10(16)13-11(7-9(14)15)5-3-2-4-6-11/h8H,2-7,12H2,1H3,(H,13,16)(H,14,15). The molecule has 16 heavy (non-hydrogen) atoms. The molecule has 1 rings (SSSR count). The predicted octanol–water partition coefficient (Wildman–Crippen LogP) is 0.627. The van der Waals surface area contributed by atoms with E-state index in [1.807, 2.05) is 0 Å². The molecule has 0 heterocycles. The Morgan fingerprint density at radius 2 is 1.94 bits per heavy atom. The van der Waals surface area contributed by atoms with Crippen molar-refractivity contribution >= 4 is 11.9 Å². The molecule has 1 unspecified atom stereocenters. The fraction of sp³-hybridized carbons (Fsp3) is 0.818. The van der Waals surface area contributed by atoms with E-state index >= 15 is 0 Å². The molecule has 0 spiro atoms. The van der Waals surface area contributed by atoms with Crippen molar-refractivity contribution in [3.05, 3.63) is 0 Å². The fourth-order valence-corrected chi connectivity index (χ4v) is 2.24. The zero-order valence-corrected chi connectivity index (χ0v) is 9.66. The molecule has 0 aromatic rings. The monoisotopic (exact) mass is 228 g/mol. The Morgan fingerprint density at radius 3 is 2.38 bits per heavy atom. The lowest BCUT2D eigenvalue weighted by molar-refractivity contribution is -0.139. The van der Waals surface area contributed by atoms with Crippen LogP contribution in [0.5, 0.6) is 0 Å². The van der Waals surface area contributed by atoms with Crippen LogP contribution in [0.1, 0.15) is 45.4 Å². The van der Waals surface area contributed by atoms with Gasteiger partial charge in [0.15, 0.2) is 0 Å². The van der Waals surface area contributed by atoms with Gasteiger partial charge in [0.2, 0.25) is 5.91 Å². The highest BCUT2D eigenvalue weighted by Crippen LogP contribution is 2.31. The van der Waals surface area contributed by atoms with Gasteiger partial charge in [0.05, 0.1) is 18.0 Å². The van der Waals surface area contributed by atoms with Gasteiger partial charge < -0.3 is 16.2 Å². The molecule has 1 fully saturated rings. The van der Waals surface area contributed by atoms with Gasteiger partial charge in [-0.05, 0) is 19.8 Å². The van der Waals surface area contributed by atoms with E-state index < -0.39 is 17.6 Å². The SMILES string of the molecule is CC(N)C(=O)NC1(CC(=O)O)CCCCC1. The van der Waals surface area contributed by atoms with Crippen LogP contribution in [0, 0.1) is 0 Å². The molecular formula is C11H20N2O3. The molecule has 1 atom stereocenters. The molecule has 0 aromatic heterocycles. The maximum absolute atomic E-state index is 11.6. The van der Waals surface area contributed by atoms with Crippen LogP contribution in [-0.4, -0.2) is 28.6 Å². The second-order valence-corrected chi connectivity index (χ2v) is 4.69. The van der Waals surface area contributed by atoms with Crippen LogP contribution in [0.25, 0.3) is 0 Å². The molecule has 0 bridgehead atoms. The molecule has 1 amide bonds. The highest BCUT2D eigenvalue weighted by molar-refractivity contribution is 5.82. The average molecular weight is 228 g/mol. The summed E-state index contributed by atoms with van der Waals surface area (Å²) in [5.41, 5.74) is 4.91. The van der Waals surface area contributed by atoms with Crippen molar-refractivity contribution < 1.29 is 14.7 Å². The topological polar surface area (TPSA) is 92.4 Å². The third-order valence-corrected chi connectivity index (χ3v) is 3.10. The van der Waals surface area contributed by atoms with Crippen molar-refractivity contribution in [3.63, 3.8) is 0 Å². The summed E-state index contributed by atoms with van der Waals surface area (Å²) in [6.45, 7) is 1.60. The van der Waals surface area contributed by atoms with Crippen LogP contribution in [0.4, 0.5) is 0 Å². The molecule has 0 radical (unpaired) electrons. The minimum absolute atomic E-state index is 0.00847. The number of amides is 1. The summed E-state index contributed by atoms with van der Waals surface area (Å²) in [5, 5.41) is 11.7. The van der Waals surface area contributed by atoms with Crippen molar-refractivity contribution in [3.8, 4) is 0 Å². The van der Waals surface area contributed by atoms with E-state index in [2.05, 4.69) is 5.32 Å². The van der Waals surface area contributed by atoms with Gasteiger partial charge in [-0.15, -0.1) is 0 Å². The second-order valence-electron chi connectivity index (χ2n) is 4.69. The first-order chi connectivity index (χ1) is 7.45. The lowest BCUT2D eigenvalue weighted by Gasteiger charge is -2.37. The van der Waals surface area contributed by atoms with Gasteiger partial charge in [0.25, 0.3) is 0 Å². The van der Waals surface area contributed by atoms with Crippen LogP contribution in [-0.2, 0) is 9.59 Å². The maximum atomic E-state index is 11.6. The van der Waals surface area contributed by atoms with E-state index in [0.717, 1.165) is 32.1 Å². The minimum Gasteiger partial charge on any atom is -0.481 e. The maximum Gasteiger partial charge on any atom is 0.305 e. The largest absolute Gasteiger partial charge is 0.481 e. The first-order valence-corrected chi connectivity index (χ1v) is 5.75. The van der Waals surface area contributed by atoms with Crippen LogP contribution in [0.15, 0.2) is 0 Å². The van der Waals surface area contributed by atoms with E-state index in [4.69, 9.17) is 10.8 Å². The van der Waals surface area contributed by atoms with Crippen LogP contribution in [0.3, 0.4) is 0 Å². The molecule has 4 N–H and O–H groups in total. The molecule has 5 nitrogen and oxygen atoms in total. The van der Waals surface area contributed by atoms with Crippen LogP contribution >= 0.6 is 0 Å². The van der Waals surface area contributed by atoms with E-state index in [9.17, 15) is 9.59 Å². The Balaban J connectivity index is 2.69. The molecule has 0 aromatic carbocycles. The first-order valence-electron chi connectivity index (χ1n) is 5.75. The number of carbonyl (C=O) groups excluding carboxylic acids is 1. The normalized spacial score (nSPS) is 21.1. The molecule has 92 valence electrons. The highest BCUT2D eigenvalue weighted by Gasteiger charge is 2.36. The number of carboxylic acid groups (broad SMARTS) is 1. The van der Waals surface area contributed by atoms with Crippen molar-refractivity contribution in [2.45, 2.75) is 57.0 Å². The number of hydrogen-bond donors (Lipinski definition) is 3.